The SMILES string of the molecule is COc1ccc2ccsc2c1.Oc1ccc2ccsc2c1. The number of methoxy groups -OCH3 is 1. The van der Waals surface area contributed by atoms with Crippen molar-refractivity contribution >= 4 is 42.8 Å². The van der Waals surface area contributed by atoms with Gasteiger partial charge in [-0.2, -0.15) is 0 Å². The molecule has 2 nitrogen and oxygen atoms in total. The molecule has 0 atom stereocenters. The summed E-state index contributed by atoms with van der Waals surface area (Å²) in [4.78, 5) is 0. The van der Waals surface area contributed by atoms with Crippen molar-refractivity contribution in [2.45, 2.75) is 0 Å². The van der Waals surface area contributed by atoms with E-state index in [0.29, 0.717) is 5.75 Å². The van der Waals surface area contributed by atoms with E-state index in [1.807, 2.05) is 23.6 Å². The number of ether oxygens (including phenoxy) is 1. The number of phenolic OH excluding ortho intramolecular Hbond substituents is 1. The van der Waals surface area contributed by atoms with Crippen LogP contribution in [-0.2, 0) is 0 Å². The minimum atomic E-state index is 0.343. The van der Waals surface area contributed by atoms with Gasteiger partial charge in [0.2, 0.25) is 0 Å². The second-order valence-corrected chi connectivity index (χ2v) is 6.36. The van der Waals surface area contributed by atoms with Crippen molar-refractivity contribution in [2.75, 3.05) is 7.11 Å². The maximum absolute atomic E-state index is 9.06. The lowest BCUT2D eigenvalue weighted by Crippen LogP contribution is -1.79. The molecular weight excluding hydrogens is 300 g/mol. The van der Waals surface area contributed by atoms with Crippen LogP contribution in [0.3, 0.4) is 0 Å². The van der Waals surface area contributed by atoms with E-state index in [9.17, 15) is 0 Å². The summed E-state index contributed by atoms with van der Waals surface area (Å²) in [5.74, 6) is 1.27. The lowest BCUT2D eigenvalue weighted by Gasteiger charge is -1.97. The lowest BCUT2D eigenvalue weighted by atomic mass is 10.2. The molecule has 0 spiro atoms. The summed E-state index contributed by atoms with van der Waals surface area (Å²) in [5, 5.41) is 15.6. The molecule has 0 aliphatic heterocycles. The van der Waals surface area contributed by atoms with Crippen LogP contribution in [0.4, 0.5) is 0 Å². The molecule has 106 valence electrons. The number of aromatic hydroxyl groups is 1. The molecule has 0 unspecified atom stereocenters. The van der Waals surface area contributed by atoms with Crippen LogP contribution in [-0.4, -0.2) is 12.2 Å². The Morgan fingerprint density at radius 3 is 2.10 bits per heavy atom. The van der Waals surface area contributed by atoms with Crippen molar-refractivity contribution in [3.63, 3.8) is 0 Å². The predicted molar refractivity (Wildman–Crippen MR) is 91.9 cm³/mol. The molecule has 4 aromatic rings. The molecule has 2 heterocycles. The number of benzene rings is 2. The first-order valence-electron chi connectivity index (χ1n) is 6.44. The van der Waals surface area contributed by atoms with Crippen LogP contribution < -0.4 is 4.74 Å². The first kappa shape index (κ1) is 13.9. The van der Waals surface area contributed by atoms with Gasteiger partial charge in [0.25, 0.3) is 0 Å². The molecule has 0 saturated carbocycles. The number of fused-ring (bicyclic) bond motifs is 2. The molecule has 2 aromatic heterocycles. The van der Waals surface area contributed by atoms with Crippen LogP contribution in [0.15, 0.2) is 59.3 Å². The highest BCUT2D eigenvalue weighted by Gasteiger charge is 1.95. The second kappa shape index (κ2) is 6.16. The third-order valence-electron chi connectivity index (χ3n) is 3.10. The zero-order chi connectivity index (χ0) is 14.7. The molecule has 0 fully saturated rings. The number of hydrogen-bond donors (Lipinski definition) is 1. The van der Waals surface area contributed by atoms with E-state index in [4.69, 9.17) is 9.84 Å². The summed E-state index contributed by atoms with van der Waals surface area (Å²) >= 11 is 3.38. The second-order valence-electron chi connectivity index (χ2n) is 4.47. The van der Waals surface area contributed by atoms with Gasteiger partial charge in [-0.1, -0.05) is 0 Å². The molecule has 0 saturated heterocycles. The fourth-order valence-electron chi connectivity index (χ4n) is 2.01. The van der Waals surface area contributed by atoms with Gasteiger partial charge in [-0.25, -0.2) is 0 Å². The highest BCUT2D eigenvalue weighted by atomic mass is 32.1. The van der Waals surface area contributed by atoms with Gasteiger partial charge in [-0.3, -0.25) is 0 Å². The molecule has 2 aromatic carbocycles. The Labute approximate surface area is 130 Å². The predicted octanol–water partition coefficient (Wildman–Crippen LogP) is 5.52. The smallest absolute Gasteiger partial charge is 0.120 e. The summed E-state index contributed by atoms with van der Waals surface area (Å²) in [6.07, 6.45) is 0. The fourth-order valence-corrected chi connectivity index (χ4v) is 3.65. The third-order valence-corrected chi connectivity index (χ3v) is 4.86. The normalized spacial score (nSPS) is 10.3. The quantitative estimate of drug-likeness (QED) is 0.501. The largest absolute Gasteiger partial charge is 0.508 e. The van der Waals surface area contributed by atoms with Gasteiger partial charge in [0.05, 0.1) is 7.11 Å². The molecule has 0 bridgehead atoms. The Morgan fingerprint density at radius 1 is 0.810 bits per heavy atom. The average Bonchev–Trinajstić information content (AvgIpc) is 3.15. The monoisotopic (exact) mass is 314 g/mol. The molecule has 0 aliphatic carbocycles. The summed E-state index contributed by atoms with van der Waals surface area (Å²) in [6, 6.07) is 15.7. The van der Waals surface area contributed by atoms with Gasteiger partial charge in [-0.15, -0.1) is 22.7 Å². The maximum Gasteiger partial charge on any atom is 0.120 e. The average molecular weight is 314 g/mol. The Kier molecular flexibility index (Phi) is 4.08. The number of rotatable bonds is 1. The summed E-state index contributed by atoms with van der Waals surface area (Å²) in [7, 11) is 1.69. The number of phenols is 1. The first-order valence-corrected chi connectivity index (χ1v) is 8.20. The van der Waals surface area contributed by atoms with Crippen molar-refractivity contribution in [3.8, 4) is 11.5 Å². The van der Waals surface area contributed by atoms with Crippen molar-refractivity contribution < 1.29 is 9.84 Å². The van der Waals surface area contributed by atoms with E-state index in [1.165, 1.54) is 15.5 Å². The van der Waals surface area contributed by atoms with E-state index in [-0.39, 0.29) is 0 Å². The van der Waals surface area contributed by atoms with Crippen LogP contribution in [0.5, 0.6) is 11.5 Å². The Morgan fingerprint density at radius 2 is 1.43 bits per heavy atom. The van der Waals surface area contributed by atoms with Gasteiger partial charge in [0.15, 0.2) is 0 Å². The summed E-state index contributed by atoms with van der Waals surface area (Å²) in [6.45, 7) is 0. The molecule has 4 rings (SSSR count). The maximum atomic E-state index is 9.06. The van der Waals surface area contributed by atoms with Crippen LogP contribution in [0.25, 0.3) is 20.2 Å². The Bertz CT molecular complexity index is 861. The van der Waals surface area contributed by atoms with E-state index in [0.717, 1.165) is 10.4 Å². The van der Waals surface area contributed by atoms with Gasteiger partial charge in [-0.05, 0) is 70.1 Å². The summed E-state index contributed by atoms with van der Waals surface area (Å²) < 4.78 is 7.52. The molecule has 0 amide bonds. The molecule has 0 radical (unpaired) electrons. The molecule has 4 heteroatoms. The standard InChI is InChI=1S/C9H8OS.C8H6OS/c1-10-8-3-2-7-4-5-11-9(7)6-8;9-7-2-1-6-3-4-10-8(6)5-7/h2-6H,1H3;1-5,9H. The van der Waals surface area contributed by atoms with E-state index < -0.39 is 0 Å². The number of hydrogen-bond acceptors (Lipinski definition) is 4. The zero-order valence-electron chi connectivity index (χ0n) is 11.4. The molecule has 0 aliphatic rings. The summed E-state index contributed by atoms with van der Waals surface area (Å²) in [5.41, 5.74) is 0. The van der Waals surface area contributed by atoms with Crippen LogP contribution in [0.2, 0.25) is 0 Å². The minimum Gasteiger partial charge on any atom is -0.508 e. The van der Waals surface area contributed by atoms with Crippen LogP contribution in [0, 0.1) is 0 Å². The van der Waals surface area contributed by atoms with Crippen molar-refractivity contribution in [1.29, 1.82) is 0 Å². The van der Waals surface area contributed by atoms with Crippen molar-refractivity contribution in [3.05, 3.63) is 59.3 Å². The third kappa shape index (κ3) is 3.17. The Hall–Kier alpha value is -2.04. The molecule has 1 N–H and O–H groups in total. The minimum absolute atomic E-state index is 0.343. The van der Waals surface area contributed by atoms with Gasteiger partial charge in [0.1, 0.15) is 11.5 Å². The van der Waals surface area contributed by atoms with E-state index >= 15 is 0 Å². The van der Waals surface area contributed by atoms with Gasteiger partial charge >= 0.3 is 0 Å². The van der Waals surface area contributed by atoms with Crippen molar-refractivity contribution in [2.24, 2.45) is 0 Å². The first-order chi connectivity index (χ1) is 10.3. The van der Waals surface area contributed by atoms with E-state index in [2.05, 4.69) is 23.6 Å². The fraction of sp³-hybridized carbons (Fsp3) is 0.0588. The van der Waals surface area contributed by atoms with Crippen molar-refractivity contribution in [1.82, 2.24) is 0 Å². The Balaban J connectivity index is 0.000000126. The van der Waals surface area contributed by atoms with Gasteiger partial charge in [0, 0.05) is 9.40 Å². The molecular formula is C17H14O2S2. The topological polar surface area (TPSA) is 29.5 Å². The number of thiophene rings is 2. The lowest BCUT2D eigenvalue weighted by molar-refractivity contribution is 0.415. The zero-order valence-corrected chi connectivity index (χ0v) is 13.1. The van der Waals surface area contributed by atoms with Crippen LogP contribution in [0.1, 0.15) is 0 Å². The highest BCUT2D eigenvalue weighted by Crippen LogP contribution is 2.25. The highest BCUT2D eigenvalue weighted by molar-refractivity contribution is 7.17. The van der Waals surface area contributed by atoms with Gasteiger partial charge < -0.3 is 9.84 Å². The molecule has 21 heavy (non-hydrogen) atoms. The van der Waals surface area contributed by atoms with E-state index in [1.54, 1.807) is 41.9 Å². The van der Waals surface area contributed by atoms with Crippen LogP contribution >= 0.6 is 22.7 Å².